The molecule has 0 spiro atoms. The van der Waals surface area contributed by atoms with Crippen molar-refractivity contribution in [2.45, 2.75) is 18.5 Å². The smallest absolute Gasteiger partial charge is 0.115 e. The monoisotopic (exact) mass is 220 g/mol. The topological polar surface area (TPSA) is 20.2 Å². The lowest BCUT2D eigenvalue weighted by Gasteiger charge is -2.18. The Morgan fingerprint density at radius 3 is 2.13 bits per heavy atom. The van der Waals surface area contributed by atoms with E-state index in [1.807, 2.05) is 6.07 Å². The molecule has 15 heavy (non-hydrogen) atoms. The first-order valence-corrected chi connectivity index (χ1v) is 5.55. The first kappa shape index (κ1) is 12.0. The fourth-order valence-corrected chi connectivity index (χ4v) is 1.42. The highest BCUT2D eigenvalue weighted by Crippen LogP contribution is 2.26. The first-order chi connectivity index (χ1) is 7.10. The maximum Gasteiger partial charge on any atom is 0.115 e. The highest BCUT2D eigenvalue weighted by molar-refractivity contribution is 7.19. The summed E-state index contributed by atoms with van der Waals surface area (Å²) >= 11 is 0. The number of aromatic hydroxyl groups is 1. The minimum Gasteiger partial charge on any atom is -0.508 e. The summed E-state index contributed by atoms with van der Waals surface area (Å²) in [7, 11) is 2.83. The molecule has 0 saturated heterocycles. The second kappa shape index (κ2) is 5.72. The summed E-state index contributed by atoms with van der Waals surface area (Å²) in [6.07, 6.45) is 9.72. The van der Waals surface area contributed by atoms with Crippen molar-refractivity contribution in [3.63, 3.8) is 0 Å². The molecule has 1 nitrogen and oxygen atoms in total. The van der Waals surface area contributed by atoms with Gasteiger partial charge in [-0.05, 0) is 18.6 Å². The Hall–Kier alpha value is -1.07. The summed E-state index contributed by atoms with van der Waals surface area (Å²) < 4.78 is 0. The summed E-state index contributed by atoms with van der Waals surface area (Å²) in [4.78, 5) is 0. The Bertz CT molecular complexity index is 339. The van der Waals surface area contributed by atoms with Gasteiger partial charge in [0.05, 0.1) is 0 Å². The van der Waals surface area contributed by atoms with Crippen molar-refractivity contribution in [1.82, 2.24) is 0 Å². The van der Waals surface area contributed by atoms with Crippen molar-refractivity contribution >= 4 is 9.24 Å². The van der Waals surface area contributed by atoms with E-state index in [2.05, 4.69) is 40.5 Å². The van der Waals surface area contributed by atoms with E-state index >= 15 is 0 Å². The fraction of sp³-hybridized carbons (Fsp3) is 0.231. The third-order valence-electron chi connectivity index (χ3n) is 2.04. The molecule has 0 aromatic heterocycles. The Balaban J connectivity index is 0.000000151. The summed E-state index contributed by atoms with van der Waals surface area (Å²) in [5.41, 5.74) is 0. The number of hydrogen-bond acceptors (Lipinski definition) is 1. The average Bonchev–Trinajstić information content (AvgIpc) is 2.19. The van der Waals surface area contributed by atoms with Gasteiger partial charge in [-0.15, -0.1) is 9.24 Å². The van der Waals surface area contributed by atoms with Gasteiger partial charge in [-0.3, -0.25) is 0 Å². The zero-order valence-electron chi connectivity index (χ0n) is 8.93. The van der Waals surface area contributed by atoms with E-state index in [0.29, 0.717) is 10.9 Å². The molecule has 80 valence electrons. The Labute approximate surface area is 93.7 Å². The van der Waals surface area contributed by atoms with Gasteiger partial charge in [0.25, 0.3) is 0 Å². The molecule has 0 amide bonds. The predicted molar refractivity (Wildman–Crippen MR) is 69.1 cm³/mol. The zero-order chi connectivity index (χ0) is 11.1. The van der Waals surface area contributed by atoms with Crippen LogP contribution in [0.5, 0.6) is 5.75 Å². The van der Waals surface area contributed by atoms with Crippen LogP contribution in [0.3, 0.4) is 0 Å². The minimum atomic E-state index is 0.322. The molecule has 0 radical (unpaired) electrons. The summed E-state index contributed by atoms with van der Waals surface area (Å²) in [6, 6.07) is 8.71. The molecule has 1 aliphatic carbocycles. The summed E-state index contributed by atoms with van der Waals surface area (Å²) in [6.45, 7) is 2.21. The van der Waals surface area contributed by atoms with Crippen molar-refractivity contribution in [3.05, 3.63) is 54.6 Å². The van der Waals surface area contributed by atoms with Gasteiger partial charge >= 0.3 is 0 Å². The lowest BCUT2D eigenvalue weighted by molar-refractivity contribution is 0.475. The van der Waals surface area contributed by atoms with Gasteiger partial charge in [-0.25, -0.2) is 0 Å². The van der Waals surface area contributed by atoms with E-state index in [1.54, 1.807) is 24.3 Å². The van der Waals surface area contributed by atoms with Crippen LogP contribution in [0.15, 0.2) is 54.6 Å². The Morgan fingerprint density at radius 1 is 1.20 bits per heavy atom. The molecule has 0 fully saturated rings. The molecule has 1 aromatic rings. The number of phenolic OH excluding ortho intramolecular Hbond substituents is 1. The van der Waals surface area contributed by atoms with Crippen LogP contribution in [0.2, 0.25) is 0 Å². The molecule has 0 heterocycles. The molecule has 2 unspecified atom stereocenters. The van der Waals surface area contributed by atoms with E-state index in [1.165, 1.54) is 0 Å². The number of benzene rings is 1. The van der Waals surface area contributed by atoms with Crippen LogP contribution in [-0.4, -0.2) is 10.3 Å². The molecule has 1 aromatic carbocycles. The van der Waals surface area contributed by atoms with Crippen LogP contribution in [0, 0.1) is 0 Å². The van der Waals surface area contributed by atoms with Gasteiger partial charge in [-0.2, -0.15) is 0 Å². The predicted octanol–water partition coefficient (Wildman–Crippen LogP) is 3.53. The third-order valence-corrected chi connectivity index (χ3v) is 2.47. The molecule has 1 N–H and O–H groups in total. The number of rotatable bonds is 0. The van der Waals surface area contributed by atoms with E-state index in [9.17, 15) is 0 Å². The quantitative estimate of drug-likeness (QED) is 0.663. The van der Waals surface area contributed by atoms with Gasteiger partial charge in [0.2, 0.25) is 0 Å². The molecule has 2 atom stereocenters. The normalized spacial score (nSPS) is 23.1. The largest absolute Gasteiger partial charge is 0.508 e. The van der Waals surface area contributed by atoms with Gasteiger partial charge in [-0.1, -0.05) is 49.4 Å². The SMILES string of the molecule is CC1(P)C=CC=CC1.Oc1ccccc1. The molecule has 0 saturated carbocycles. The standard InChI is InChI=1S/C7H11P.C6H6O/c1-7(8)5-3-2-4-6-7;7-6-4-2-1-3-5-6/h2-5H,6,8H2,1H3;1-5,7H. The second-order valence-electron chi connectivity index (χ2n) is 3.83. The molecule has 0 aliphatic heterocycles. The Morgan fingerprint density at radius 2 is 1.87 bits per heavy atom. The highest BCUT2D eigenvalue weighted by atomic mass is 31.0. The lowest BCUT2D eigenvalue weighted by atomic mass is 10.0. The molecule has 1 aliphatic rings. The molecular weight excluding hydrogens is 203 g/mol. The van der Waals surface area contributed by atoms with Crippen molar-refractivity contribution in [2.24, 2.45) is 0 Å². The van der Waals surface area contributed by atoms with Crippen LogP contribution < -0.4 is 0 Å². The lowest BCUT2D eigenvalue weighted by Crippen LogP contribution is -2.10. The van der Waals surface area contributed by atoms with Gasteiger partial charge < -0.3 is 5.11 Å². The van der Waals surface area contributed by atoms with Crippen molar-refractivity contribution in [3.8, 4) is 5.75 Å². The number of para-hydroxylation sites is 1. The Kier molecular flexibility index (Phi) is 4.58. The zero-order valence-corrected chi connectivity index (χ0v) is 10.1. The number of allylic oxidation sites excluding steroid dienone is 4. The number of hydrogen-bond donors (Lipinski definition) is 1. The van der Waals surface area contributed by atoms with Crippen LogP contribution in [0.4, 0.5) is 0 Å². The average molecular weight is 220 g/mol. The van der Waals surface area contributed by atoms with E-state index < -0.39 is 0 Å². The maximum atomic E-state index is 8.63. The van der Waals surface area contributed by atoms with Crippen molar-refractivity contribution in [1.29, 1.82) is 0 Å². The molecule has 0 bridgehead atoms. The maximum absolute atomic E-state index is 8.63. The minimum absolute atomic E-state index is 0.322. The second-order valence-corrected chi connectivity index (χ2v) is 5.15. The van der Waals surface area contributed by atoms with Crippen LogP contribution >= 0.6 is 9.24 Å². The van der Waals surface area contributed by atoms with Gasteiger partial charge in [0.15, 0.2) is 0 Å². The van der Waals surface area contributed by atoms with Crippen molar-refractivity contribution in [2.75, 3.05) is 0 Å². The van der Waals surface area contributed by atoms with E-state index in [-0.39, 0.29) is 0 Å². The number of phenols is 1. The third kappa shape index (κ3) is 5.39. The molecule has 2 rings (SSSR count). The van der Waals surface area contributed by atoms with Crippen LogP contribution in [0.25, 0.3) is 0 Å². The molecular formula is C13H17OP. The molecule has 2 heteroatoms. The first-order valence-electron chi connectivity index (χ1n) is 4.97. The van der Waals surface area contributed by atoms with E-state index in [4.69, 9.17) is 5.11 Å². The fourth-order valence-electron chi connectivity index (χ4n) is 1.17. The van der Waals surface area contributed by atoms with Crippen LogP contribution in [0.1, 0.15) is 13.3 Å². The van der Waals surface area contributed by atoms with Gasteiger partial charge in [0.1, 0.15) is 5.75 Å². The van der Waals surface area contributed by atoms with E-state index in [0.717, 1.165) is 6.42 Å². The summed E-state index contributed by atoms with van der Waals surface area (Å²) in [5.74, 6) is 0.322. The summed E-state index contributed by atoms with van der Waals surface area (Å²) in [5, 5.41) is 8.96. The van der Waals surface area contributed by atoms with Gasteiger partial charge in [0, 0.05) is 5.16 Å². The van der Waals surface area contributed by atoms with Crippen molar-refractivity contribution < 1.29 is 5.11 Å². The highest BCUT2D eigenvalue weighted by Gasteiger charge is 2.12. The van der Waals surface area contributed by atoms with Crippen LogP contribution in [-0.2, 0) is 0 Å².